The molecule has 0 amide bonds. The first-order chi connectivity index (χ1) is 20.2. The molecule has 1 fully saturated rings. The largest absolute Gasteiger partial charge is 0.479 e. The Morgan fingerprint density at radius 2 is 1.88 bits per heavy atom. The monoisotopic (exact) mass is 615 g/mol. The van der Waals surface area contributed by atoms with Crippen LogP contribution in [0.15, 0.2) is 42.5 Å². The molecule has 0 aromatic heterocycles. The van der Waals surface area contributed by atoms with Crippen molar-refractivity contribution in [2.45, 2.75) is 116 Å². The second-order valence-corrected chi connectivity index (χ2v) is 18.4. The van der Waals surface area contributed by atoms with Crippen LogP contribution in [0, 0.1) is 12.7 Å². The van der Waals surface area contributed by atoms with E-state index in [0.29, 0.717) is 37.7 Å². The van der Waals surface area contributed by atoms with Crippen molar-refractivity contribution in [3.05, 3.63) is 70.5 Å². The summed E-state index contributed by atoms with van der Waals surface area (Å²) in [6.45, 7) is 19.6. The molecule has 8 heteroatoms. The van der Waals surface area contributed by atoms with Crippen LogP contribution in [0.4, 0.5) is 4.39 Å². The SMILES string of the molecule is CCC(OCCc1ccccc1[C@@H](C)OC[C@@H](CN1CCC[C@H]1Cc1ccc(C)c(F)c1)O[Si](C)(C)C(C)(C)C)C(=O)O. The Hall–Kier alpha value is -2.10. The number of carboxylic acids is 1. The van der Waals surface area contributed by atoms with Crippen LogP contribution in [-0.2, 0) is 31.5 Å². The van der Waals surface area contributed by atoms with Crippen LogP contribution in [0.25, 0.3) is 0 Å². The minimum Gasteiger partial charge on any atom is -0.479 e. The number of carboxylic acid groups (broad SMARTS) is 1. The molecule has 43 heavy (non-hydrogen) atoms. The minimum absolute atomic E-state index is 0.0690. The first-order valence-corrected chi connectivity index (χ1v) is 18.8. The zero-order valence-corrected chi connectivity index (χ0v) is 28.6. The highest BCUT2D eigenvalue weighted by Crippen LogP contribution is 2.38. The van der Waals surface area contributed by atoms with E-state index in [0.717, 1.165) is 49.0 Å². The van der Waals surface area contributed by atoms with E-state index in [1.807, 2.05) is 25.1 Å². The number of halogens is 1. The quantitative estimate of drug-likeness (QED) is 0.195. The fraction of sp³-hybridized carbons (Fsp3) is 0.629. The van der Waals surface area contributed by atoms with Crippen molar-refractivity contribution in [1.82, 2.24) is 4.90 Å². The molecule has 1 unspecified atom stereocenters. The third kappa shape index (κ3) is 10.2. The highest BCUT2D eigenvalue weighted by Gasteiger charge is 2.40. The van der Waals surface area contributed by atoms with Crippen molar-refractivity contribution in [3.8, 4) is 0 Å². The summed E-state index contributed by atoms with van der Waals surface area (Å²) in [7, 11) is -2.07. The van der Waals surface area contributed by atoms with Gasteiger partial charge in [0.15, 0.2) is 14.4 Å². The molecular weight excluding hydrogens is 561 g/mol. The van der Waals surface area contributed by atoms with Gasteiger partial charge >= 0.3 is 5.97 Å². The molecule has 1 saturated heterocycles. The number of carbonyl (C=O) groups is 1. The lowest BCUT2D eigenvalue weighted by Gasteiger charge is -2.41. The van der Waals surface area contributed by atoms with Crippen LogP contribution in [0.1, 0.15) is 82.2 Å². The Morgan fingerprint density at radius 3 is 2.53 bits per heavy atom. The van der Waals surface area contributed by atoms with Crippen molar-refractivity contribution >= 4 is 14.3 Å². The van der Waals surface area contributed by atoms with Crippen molar-refractivity contribution in [1.29, 1.82) is 0 Å². The molecule has 0 bridgehead atoms. The summed E-state index contributed by atoms with van der Waals surface area (Å²) in [6, 6.07) is 14.1. The molecule has 0 spiro atoms. The molecule has 0 saturated carbocycles. The Balaban J connectivity index is 1.70. The number of ether oxygens (including phenoxy) is 2. The lowest BCUT2D eigenvalue weighted by Crippen LogP contribution is -2.49. The maximum absolute atomic E-state index is 14.3. The van der Waals surface area contributed by atoms with Gasteiger partial charge in [-0.05, 0) is 98.9 Å². The van der Waals surface area contributed by atoms with Gasteiger partial charge in [0.1, 0.15) is 5.82 Å². The van der Waals surface area contributed by atoms with Crippen LogP contribution >= 0.6 is 0 Å². The molecule has 240 valence electrons. The molecule has 4 atom stereocenters. The van der Waals surface area contributed by atoms with E-state index in [1.54, 1.807) is 13.0 Å². The molecule has 1 N–H and O–H groups in total. The van der Waals surface area contributed by atoms with Crippen LogP contribution < -0.4 is 0 Å². The highest BCUT2D eigenvalue weighted by atomic mass is 28.4. The maximum Gasteiger partial charge on any atom is 0.332 e. The van der Waals surface area contributed by atoms with Gasteiger partial charge in [-0.2, -0.15) is 0 Å². The summed E-state index contributed by atoms with van der Waals surface area (Å²) < 4.78 is 33.4. The smallest absolute Gasteiger partial charge is 0.332 e. The fourth-order valence-electron chi connectivity index (χ4n) is 5.56. The molecule has 2 aromatic rings. The molecule has 0 radical (unpaired) electrons. The first kappa shape index (κ1) is 35.4. The summed E-state index contributed by atoms with van der Waals surface area (Å²) in [4.78, 5) is 13.9. The number of benzene rings is 2. The van der Waals surface area contributed by atoms with E-state index in [9.17, 15) is 14.3 Å². The molecule has 1 heterocycles. The van der Waals surface area contributed by atoms with Gasteiger partial charge in [-0.1, -0.05) is 64.1 Å². The van der Waals surface area contributed by atoms with E-state index in [2.05, 4.69) is 63.9 Å². The Bertz CT molecular complexity index is 1180. The molecule has 0 aliphatic carbocycles. The van der Waals surface area contributed by atoms with E-state index in [-0.39, 0.29) is 23.1 Å². The second kappa shape index (κ2) is 15.8. The molecule has 1 aliphatic heterocycles. The van der Waals surface area contributed by atoms with Crippen molar-refractivity contribution < 1.29 is 28.2 Å². The fourth-order valence-corrected chi connectivity index (χ4v) is 6.89. The van der Waals surface area contributed by atoms with Gasteiger partial charge in [-0.15, -0.1) is 0 Å². The normalized spacial score (nSPS) is 18.5. The van der Waals surface area contributed by atoms with Gasteiger partial charge in [-0.25, -0.2) is 9.18 Å². The zero-order chi connectivity index (χ0) is 31.8. The van der Waals surface area contributed by atoms with Gasteiger partial charge in [0, 0.05) is 12.6 Å². The summed E-state index contributed by atoms with van der Waals surface area (Å²) in [6.07, 6.45) is 3.07. The molecule has 3 rings (SSSR count). The maximum atomic E-state index is 14.3. The Morgan fingerprint density at radius 1 is 1.16 bits per heavy atom. The van der Waals surface area contributed by atoms with Gasteiger partial charge < -0.3 is 19.0 Å². The molecular formula is C35H54FNO5Si. The lowest BCUT2D eigenvalue weighted by atomic mass is 10.0. The average molecular weight is 616 g/mol. The van der Waals surface area contributed by atoms with Crippen LogP contribution in [0.3, 0.4) is 0 Å². The van der Waals surface area contributed by atoms with E-state index in [1.165, 1.54) is 0 Å². The number of likely N-dealkylation sites (tertiary alicyclic amines) is 1. The van der Waals surface area contributed by atoms with Gasteiger partial charge in [0.25, 0.3) is 0 Å². The number of nitrogens with zero attached hydrogens (tertiary/aromatic N) is 1. The number of rotatable bonds is 16. The van der Waals surface area contributed by atoms with Crippen molar-refractivity contribution in [2.24, 2.45) is 0 Å². The van der Waals surface area contributed by atoms with E-state index < -0.39 is 20.4 Å². The van der Waals surface area contributed by atoms with Gasteiger partial charge in [0.05, 0.1) is 25.4 Å². The van der Waals surface area contributed by atoms with Crippen LogP contribution in [0.2, 0.25) is 18.1 Å². The highest BCUT2D eigenvalue weighted by molar-refractivity contribution is 6.74. The summed E-state index contributed by atoms with van der Waals surface area (Å²) in [5, 5.41) is 9.38. The zero-order valence-electron chi connectivity index (χ0n) is 27.6. The summed E-state index contributed by atoms with van der Waals surface area (Å²) >= 11 is 0. The molecule has 2 aromatic carbocycles. The average Bonchev–Trinajstić information content (AvgIpc) is 3.37. The summed E-state index contributed by atoms with van der Waals surface area (Å²) in [5.41, 5.74) is 3.91. The number of hydrogen-bond acceptors (Lipinski definition) is 5. The van der Waals surface area contributed by atoms with Crippen LogP contribution in [-0.4, -0.2) is 68.8 Å². The van der Waals surface area contributed by atoms with Gasteiger partial charge in [-0.3, -0.25) is 4.90 Å². The third-order valence-electron chi connectivity index (χ3n) is 9.27. The predicted molar refractivity (Wildman–Crippen MR) is 174 cm³/mol. The lowest BCUT2D eigenvalue weighted by molar-refractivity contribution is -0.150. The number of aryl methyl sites for hydroxylation is 1. The van der Waals surface area contributed by atoms with Crippen LogP contribution in [0.5, 0.6) is 0 Å². The third-order valence-corrected chi connectivity index (χ3v) is 13.8. The topological polar surface area (TPSA) is 68.2 Å². The van der Waals surface area contributed by atoms with E-state index >= 15 is 0 Å². The predicted octanol–water partition coefficient (Wildman–Crippen LogP) is 7.73. The second-order valence-electron chi connectivity index (χ2n) is 13.6. The van der Waals surface area contributed by atoms with Gasteiger partial charge in [0.2, 0.25) is 0 Å². The molecule has 1 aliphatic rings. The Labute approximate surface area is 260 Å². The first-order valence-electron chi connectivity index (χ1n) is 15.9. The number of hydrogen-bond donors (Lipinski definition) is 1. The summed E-state index contributed by atoms with van der Waals surface area (Å²) in [5.74, 6) is -1.06. The van der Waals surface area contributed by atoms with Crippen molar-refractivity contribution in [3.63, 3.8) is 0 Å². The van der Waals surface area contributed by atoms with Crippen molar-refractivity contribution in [2.75, 3.05) is 26.3 Å². The standard InChI is InChI=1S/C35H54FNO5Si/c1-9-33(34(38)39)40-20-18-28-13-10-11-15-31(28)26(3)41-24-30(42-43(7,8)35(4,5)6)23-37-19-12-14-29(37)21-27-17-16-25(2)32(36)22-27/h10-11,13,15-17,22,26,29-30,33H,9,12,14,18-21,23-24H2,1-8H3,(H,38,39)/t26-,29+,30-,33?/m1/s1. The van der Waals surface area contributed by atoms with E-state index in [4.69, 9.17) is 13.9 Å². The molecule has 6 nitrogen and oxygen atoms in total. The Kier molecular flexibility index (Phi) is 13.0. The minimum atomic E-state index is -2.07. The number of aliphatic carboxylic acids is 1.